The van der Waals surface area contributed by atoms with Gasteiger partial charge in [0.2, 0.25) is 5.91 Å². The molecule has 0 aromatic heterocycles. The van der Waals surface area contributed by atoms with Gasteiger partial charge in [-0.15, -0.1) is 0 Å². The molecule has 3 nitrogen and oxygen atoms in total. The van der Waals surface area contributed by atoms with E-state index in [2.05, 4.69) is 36.5 Å². The van der Waals surface area contributed by atoms with Crippen LogP contribution in [0.5, 0.6) is 0 Å². The summed E-state index contributed by atoms with van der Waals surface area (Å²) in [5.41, 5.74) is 2.29. The van der Waals surface area contributed by atoms with Crippen LogP contribution in [0.15, 0.2) is 60.7 Å². The molecule has 2 aromatic carbocycles. The second-order valence-corrected chi connectivity index (χ2v) is 5.87. The van der Waals surface area contributed by atoms with Crippen LogP contribution in [0.25, 0.3) is 0 Å². The molecule has 0 saturated carbocycles. The van der Waals surface area contributed by atoms with Gasteiger partial charge in [-0.05, 0) is 44.0 Å². The Kier molecular flexibility index (Phi) is 4.54. The van der Waals surface area contributed by atoms with E-state index in [1.54, 1.807) is 0 Å². The fraction of sp³-hybridized carbons (Fsp3) is 0.316. The summed E-state index contributed by atoms with van der Waals surface area (Å²) in [7, 11) is 0. The number of amides is 1. The predicted octanol–water partition coefficient (Wildman–Crippen LogP) is 3.01. The van der Waals surface area contributed by atoms with Crippen LogP contribution in [-0.2, 0) is 11.2 Å². The summed E-state index contributed by atoms with van der Waals surface area (Å²) < 4.78 is 0. The number of benzene rings is 2. The van der Waals surface area contributed by atoms with Gasteiger partial charge < -0.3 is 10.2 Å². The number of carbonyl (C=O) groups excluding carboxylic acids is 1. The van der Waals surface area contributed by atoms with Crippen molar-refractivity contribution in [3.63, 3.8) is 0 Å². The molecule has 1 aliphatic heterocycles. The minimum Gasteiger partial charge on any atom is -0.308 e. The maximum atomic E-state index is 12.6. The Labute approximate surface area is 132 Å². The van der Waals surface area contributed by atoms with E-state index in [0.29, 0.717) is 0 Å². The van der Waals surface area contributed by atoms with Gasteiger partial charge in [0.1, 0.15) is 0 Å². The number of nitrogens with one attached hydrogen (secondary N) is 1. The van der Waals surface area contributed by atoms with E-state index in [1.165, 1.54) is 5.56 Å². The molecule has 1 N–H and O–H groups in total. The first-order valence-electron chi connectivity index (χ1n) is 7.91. The van der Waals surface area contributed by atoms with E-state index in [9.17, 15) is 4.79 Å². The van der Waals surface area contributed by atoms with Gasteiger partial charge in [0.25, 0.3) is 0 Å². The third-order valence-electron chi connectivity index (χ3n) is 4.23. The van der Waals surface area contributed by atoms with Crippen molar-refractivity contribution in [2.45, 2.75) is 31.8 Å². The van der Waals surface area contributed by atoms with E-state index in [0.717, 1.165) is 25.1 Å². The first kappa shape index (κ1) is 14.8. The Bertz CT molecular complexity index is 612. The molecule has 3 heteroatoms. The van der Waals surface area contributed by atoms with Crippen LogP contribution < -0.4 is 10.2 Å². The van der Waals surface area contributed by atoms with Crippen molar-refractivity contribution >= 4 is 11.6 Å². The van der Waals surface area contributed by atoms with Gasteiger partial charge in [-0.1, -0.05) is 48.5 Å². The standard InChI is InChI=1S/C19H22N2O/c1-15-14-18(20-13-12-16-8-4-2-5-9-16)19(22)21(15)17-10-6-3-7-11-17/h2-11,15,18,20H,12-14H2,1H3/t15-,18+/m0/s1. The van der Waals surface area contributed by atoms with Gasteiger partial charge in [0.15, 0.2) is 0 Å². The molecule has 1 amide bonds. The summed E-state index contributed by atoms with van der Waals surface area (Å²) in [5, 5.41) is 3.42. The summed E-state index contributed by atoms with van der Waals surface area (Å²) in [6.07, 6.45) is 1.81. The molecule has 1 fully saturated rings. The molecule has 22 heavy (non-hydrogen) atoms. The van der Waals surface area contributed by atoms with E-state index in [-0.39, 0.29) is 18.0 Å². The SMILES string of the molecule is C[C@H]1C[C@@H](NCCc2ccccc2)C(=O)N1c1ccccc1. The lowest BCUT2D eigenvalue weighted by Crippen LogP contribution is -2.39. The number of rotatable bonds is 5. The highest BCUT2D eigenvalue weighted by atomic mass is 16.2. The predicted molar refractivity (Wildman–Crippen MR) is 89.9 cm³/mol. The number of nitrogens with zero attached hydrogens (tertiary/aromatic N) is 1. The van der Waals surface area contributed by atoms with Crippen LogP contribution in [0.3, 0.4) is 0 Å². The van der Waals surface area contributed by atoms with Gasteiger partial charge in [-0.25, -0.2) is 0 Å². The third kappa shape index (κ3) is 3.20. The highest BCUT2D eigenvalue weighted by molar-refractivity contribution is 6.00. The normalized spacial score (nSPS) is 21.3. The Morgan fingerprint density at radius 3 is 2.36 bits per heavy atom. The van der Waals surface area contributed by atoms with Crippen LogP contribution in [-0.4, -0.2) is 24.5 Å². The van der Waals surface area contributed by atoms with E-state index < -0.39 is 0 Å². The van der Waals surface area contributed by atoms with Crippen molar-refractivity contribution in [1.82, 2.24) is 5.32 Å². The zero-order valence-corrected chi connectivity index (χ0v) is 12.9. The number of para-hydroxylation sites is 1. The summed E-state index contributed by atoms with van der Waals surface area (Å²) >= 11 is 0. The Morgan fingerprint density at radius 1 is 1.05 bits per heavy atom. The lowest BCUT2D eigenvalue weighted by molar-refractivity contribution is -0.118. The summed E-state index contributed by atoms with van der Waals surface area (Å²) in [6, 6.07) is 20.5. The molecule has 0 aliphatic carbocycles. The van der Waals surface area contributed by atoms with E-state index in [1.807, 2.05) is 41.3 Å². The minimum atomic E-state index is -0.0704. The van der Waals surface area contributed by atoms with E-state index >= 15 is 0 Å². The zero-order valence-electron chi connectivity index (χ0n) is 12.9. The highest BCUT2D eigenvalue weighted by Gasteiger charge is 2.37. The third-order valence-corrected chi connectivity index (χ3v) is 4.23. The topological polar surface area (TPSA) is 32.3 Å². The second-order valence-electron chi connectivity index (χ2n) is 5.87. The zero-order chi connectivity index (χ0) is 15.4. The lowest BCUT2D eigenvalue weighted by Gasteiger charge is -2.21. The van der Waals surface area contributed by atoms with Gasteiger partial charge in [-0.2, -0.15) is 0 Å². The number of hydrogen-bond donors (Lipinski definition) is 1. The molecule has 0 spiro atoms. The molecule has 0 radical (unpaired) electrons. The number of carbonyl (C=O) groups is 1. The van der Waals surface area contributed by atoms with Gasteiger partial charge in [0.05, 0.1) is 6.04 Å². The number of hydrogen-bond acceptors (Lipinski definition) is 2. The molecule has 0 bridgehead atoms. The summed E-state index contributed by atoms with van der Waals surface area (Å²) in [4.78, 5) is 14.5. The van der Waals surface area contributed by atoms with Gasteiger partial charge in [0, 0.05) is 11.7 Å². The van der Waals surface area contributed by atoms with Crippen molar-refractivity contribution < 1.29 is 4.79 Å². The average molecular weight is 294 g/mol. The molecule has 3 rings (SSSR count). The van der Waals surface area contributed by atoms with Crippen molar-refractivity contribution in [3.05, 3.63) is 66.2 Å². The Balaban J connectivity index is 1.58. The molecule has 1 heterocycles. The molecule has 114 valence electrons. The highest BCUT2D eigenvalue weighted by Crippen LogP contribution is 2.26. The van der Waals surface area contributed by atoms with E-state index in [4.69, 9.17) is 0 Å². The largest absolute Gasteiger partial charge is 0.308 e. The second kappa shape index (κ2) is 6.75. The fourth-order valence-electron chi connectivity index (χ4n) is 3.11. The van der Waals surface area contributed by atoms with Crippen molar-refractivity contribution in [3.8, 4) is 0 Å². The van der Waals surface area contributed by atoms with Crippen LogP contribution in [0, 0.1) is 0 Å². The average Bonchev–Trinajstić information content (AvgIpc) is 2.83. The maximum absolute atomic E-state index is 12.6. The first-order chi connectivity index (χ1) is 10.8. The molecular weight excluding hydrogens is 272 g/mol. The Hall–Kier alpha value is -2.13. The smallest absolute Gasteiger partial charge is 0.244 e. The molecule has 2 atom stereocenters. The molecule has 0 unspecified atom stereocenters. The van der Waals surface area contributed by atoms with Crippen molar-refractivity contribution in [1.29, 1.82) is 0 Å². The van der Waals surface area contributed by atoms with Gasteiger partial charge >= 0.3 is 0 Å². The monoisotopic (exact) mass is 294 g/mol. The van der Waals surface area contributed by atoms with Crippen molar-refractivity contribution in [2.75, 3.05) is 11.4 Å². The van der Waals surface area contributed by atoms with Crippen LogP contribution in [0.4, 0.5) is 5.69 Å². The molecular formula is C19H22N2O. The molecule has 1 saturated heterocycles. The lowest BCUT2D eigenvalue weighted by atomic mass is 10.1. The summed E-state index contributed by atoms with van der Waals surface area (Å²) in [5.74, 6) is 0.187. The summed E-state index contributed by atoms with van der Waals surface area (Å²) in [6.45, 7) is 2.94. The van der Waals surface area contributed by atoms with Crippen LogP contribution in [0.1, 0.15) is 18.9 Å². The van der Waals surface area contributed by atoms with Crippen LogP contribution >= 0.6 is 0 Å². The molecule has 2 aromatic rings. The van der Waals surface area contributed by atoms with Crippen LogP contribution in [0.2, 0.25) is 0 Å². The minimum absolute atomic E-state index is 0.0704. The fourth-order valence-corrected chi connectivity index (χ4v) is 3.11. The first-order valence-corrected chi connectivity index (χ1v) is 7.91. The quantitative estimate of drug-likeness (QED) is 0.919. The van der Waals surface area contributed by atoms with Gasteiger partial charge in [-0.3, -0.25) is 4.79 Å². The number of anilines is 1. The van der Waals surface area contributed by atoms with Crippen molar-refractivity contribution in [2.24, 2.45) is 0 Å². The molecule has 1 aliphatic rings. The Morgan fingerprint density at radius 2 is 1.68 bits per heavy atom. The maximum Gasteiger partial charge on any atom is 0.244 e.